The quantitative estimate of drug-likeness (QED) is 0.887. The molecule has 1 aromatic carbocycles. The van der Waals surface area contributed by atoms with Crippen molar-refractivity contribution >= 4 is 12.1 Å². The summed E-state index contributed by atoms with van der Waals surface area (Å²) in [4.78, 5) is 13.8. The number of amides is 2. The van der Waals surface area contributed by atoms with E-state index in [1.807, 2.05) is 50.3 Å². The van der Waals surface area contributed by atoms with Crippen molar-refractivity contribution in [2.24, 2.45) is 0 Å². The van der Waals surface area contributed by atoms with Crippen molar-refractivity contribution in [1.29, 1.82) is 0 Å². The monoisotopic (exact) mass is 260 g/mol. The maximum absolute atomic E-state index is 12.0. The van der Waals surface area contributed by atoms with Crippen molar-refractivity contribution < 1.29 is 9.53 Å². The van der Waals surface area contributed by atoms with Crippen molar-refractivity contribution in [2.45, 2.75) is 26.1 Å². The molecule has 2 atom stereocenters. The van der Waals surface area contributed by atoms with Gasteiger partial charge in [0.15, 0.2) is 0 Å². The van der Waals surface area contributed by atoms with Gasteiger partial charge in [-0.1, -0.05) is 30.3 Å². The molecular formula is C15H20N2O2. The van der Waals surface area contributed by atoms with E-state index >= 15 is 0 Å². The average Bonchev–Trinajstić information content (AvgIpc) is 2.38. The molecule has 102 valence electrons. The predicted octanol–water partition coefficient (Wildman–Crippen LogP) is 2.48. The van der Waals surface area contributed by atoms with Crippen molar-refractivity contribution in [2.75, 3.05) is 13.1 Å². The number of morpholine rings is 1. The van der Waals surface area contributed by atoms with Crippen LogP contribution in [0.25, 0.3) is 6.08 Å². The van der Waals surface area contributed by atoms with Crippen molar-refractivity contribution in [3.05, 3.63) is 42.1 Å². The SMILES string of the molecule is CC1CN(C(=O)N/C=C/c2ccccc2)CC(C)O1. The first kappa shape index (κ1) is 13.6. The fourth-order valence-corrected chi connectivity index (χ4v) is 2.21. The molecule has 1 heterocycles. The van der Waals surface area contributed by atoms with Gasteiger partial charge in [0.2, 0.25) is 0 Å². The highest BCUT2D eigenvalue weighted by molar-refractivity contribution is 5.76. The lowest BCUT2D eigenvalue weighted by Crippen LogP contribution is -2.50. The first-order chi connectivity index (χ1) is 9.15. The summed E-state index contributed by atoms with van der Waals surface area (Å²) in [6, 6.07) is 9.80. The van der Waals surface area contributed by atoms with Crippen LogP contribution in [0.5, 0.6) is 0 Å². The van der Waals surface area contributed by atoms with Crippen molar-refractivity contribution in [1.82, 2.24) is 10.2 Å². The van der Waals surface area contributed by atoms with Gasteiger partial charge in [0.05, 0.1) is 12.2 Å². The van der Waals surface area contributed by atoms with E-state index in [1.165, 1.54) is 0 Å². The second-order valence-electron chi connectivity index (χ2n) is 4.86. The highest BCUT2D eigenvalue weighted by atomic mass is 16.5. The molecule has 1 aromatic rings. The van der Waals surface area contributed by atoms with Crippen LogP contribution in [0.1, 0.15) is 19.4 Å². The minimum Gasteiger partial charge on any atom is -0.372 e. The molecule has 0 spiro atoms. The molecule has 0 saturated carbocycles. The lowest BCUT2D eigenvalue weighted by molar-refractivity contribution is -0.0541. The summed E-state index contributed by atoms with van der Waals surface area (Å²) in [6.45, 7) is 5.23. The Morgan fingerprint density at radius 1 is 1.26 bits per heavy atom. The van der Waals surface area contributed by atoms with Gasteiger partial charge in [-0.3, -0.25) is 0 Å². The number of urea groups is 1. The molecule has 4 heteroatoms. The van der Waals surface area contributed by atoms with Crippen LogP contribution in [0.3, 0.4) is 0 Å². The van der Waals surface area contributed by atoms with Crippen LogP contribution < -0.4 is 5.32 Å². The van der Waals surface area contributed by atoms with Gasteiger partial charge < -0.3 is 15.0 Å². The number of ether oxygens (including phenoxy) is 1. The highest BCUT2D eigenvalue weighted by Gasteiger charge is 2.25. The zero-order valence-corrected chi connectivity index (χ0v) is 11.4. The summed E-state index contributed by atoms with van der Waals surface area (Å²) >= 11 is 0. The first-order valence-electron chi connectivity index (χ1n) is 6.57. The molecular weight excluding hydrogens is 240 g/mol. The van der Waals surface area contributed by atoms with Gasteiger partial charge in [-0.2, -0.15) is 0 Å². The van der Waals surface area contributed by atoms with E-state index in [-0.39, 0.29) is 18.2 Å². The number of hydrogen-bond acceptors (Lipinski definition) is 2. The molecule has 1 N–H and O–H groups in total. The van der Waals surface area contributed by atoms with Gasteiger partial charge in [-0.05, 0) is 25.5 Å². The number of nitrogens with one attached hydrogen (secondary N) is 1. The van der Waals surface area contributed by atoms with E-state index in [0.717, 1.165) is 5.56 Å². The van der Waals surface area contributed by atoms with Gasteiger partial charge in [0, 0.05) is 19.3 Å². The smallest absolute Gasteiger partial charge is 0.321 e. The van der Waals surface area contributed by atoms with Gasteiger partial charge in [0.1, 0.15) is 0 Å². The van der Waals surface area contributed by atoms with Crippen LogP contribution in [0.4, 0.5) is 4.79 Å². The van der Waals surface area contributed by atoms with E-state index in [1.54, 1.807) is 11.1 Å². The molecule has 0 bridgehead atoms. The molecule has 1 aliphatic heterocycles. The second-order valence-corrected chi connectivity index (χ2v) is 4.86. The lowest BCUT2D eigenvalue weighted by Gasteiger charge is -2.34. The first-order valence-corrected chi connectivity index (χ1v) is 6.57. The molecule has 2 rings (SSSR count). The molecule has 2 unspecified atom stereocenters. The number of rotatable bonds is 2. The zero-order chi connectivity index (χ0) is 13.7. The van der Waals surface area contributed by atoms with Crippen molar-refractivity contribution in [3.63, 3.8) is 0 Å². The molecule has 0 aromatic heterocycles. The maximum Gasteiger partial charge on any atom is 0.321 e. The van der Waals surface area contributed by atoms with E-state index < -0.39 is 0 Å². The van der Waals surface area contributed by atoms with Gasteiger partial charge >= 0.3 is 6.03 Å². The number of carbonyl (C=O) groups excluding carboxylic acids is 1. The highest BCUT2D eigenvalue weighted by Crippen LogP contribution is 2.10. The summed E-state index contributed by atoms with van der Waals surface area (Å²) in [5.74, 6) is 0. The molecule has 4 nitrogen and oxygen atoms in total. The Morgan fingerprint density at radius 3 is 2.53 bits per heavy atom. The fraction of sp³-hybridized carbons (Fsp3) is 0.400. The third kappa shape index (κ3) is 4.10. The molecule has 1 saturated heterocycles. The molecule has 1 fully saturated rings. The van der Waals surface area contributed by atoms with Crippen LogP contribution in [0.2, 0.25) is 0 Å². The Balaban J connectivity index is 1.86. The van der Waals surface area contributed by atoms with E-state index in [9.17, 15) is 4.79 Å². The summed E-state index contributed by atoms with van der Waals surface area (Å²) in [5, 5.41) is 2.79. The number of nitrogens with zero attached hydrogens (tertiary/aromatic N) is 1. The minimum absolute atomic E-state index is 0.0748. The van der Waals surface area contributed by atoms with Gasteiger partial charge in [-0.15, -0.1) is 0 Å². The third-order valence-electron chi connectivity index (χ3n) is 2.99. The largest absolute Gasteiger partial charge is 0.372 e. The van der Waals surface area contributed by atoms with E-state index in [2.05, 4.69) is 5.32 Å². The summed E-state index contributed by atoms with van der Waals surface area (Å²) in [7, 11) is 0. The van der Waals surface area contributed by atoms with Crippen LogP contribution in [0, 0.1) is 0 Å². The Kier molecular flexibility index (Phi) is 4.58. The molecule has 1 aliphatic rings. The summed E-state index contributed by atoms with van der Waals surface area (Å²) < 4.78 is 5.60. The van der Waals surface area contributed by atoms with Crippen LogP contribution in [-0.2, 0) is 4.74 Å². The molecule has 19 heavy (non-hydrogen) atoms. The van der Waals surface area contributed by atoms with Crippen LogP contribution in [0.15, 0.2) is 36.5 Å². The normalized spacial score (nSPS) is 23.6. The maximum atomic E-state index is 12.0. The van der Waals surface area contributed by atoms with Crippen LogP contribution in [-0.4, -0.2) is 36.2 Å². The average molecular weight is 260 g/mol. The Morgan fingerprint density at radius 2 is 1.89 bits per heavy atom. The Hall–Kier alpha value is -1.81. The Labute approximate surface area is 114 Å². The van der Waals surface area contributed by atoms with Gasteiger partial charge in [-0.25, -0.2) is 4.79 Å². The lowest BCUT2D eigenvalue weighted by atomic mass is 10.2. The third-order valence-corrected chi connectivity index (χ3v) is 2.99. The fourth-order valence-electron chi connectivity index (χ4n) is 2.21. The summed E-state index contributed by atoms with van der Waals surface area (Å²) in [5.41, 5.74) is 1.06. The van der Waals surface area contributed by atoms with Gasteiger partial charge in [0.25, 0.3) is 0 Å². The standard InChI is InChI=1S/C15H20N2O2/c1-12-10-17(11-13(2)19-12)15(18)16-9-8-14-6-4-3-5-7-14/h3-9,12-13H,10-11H2,1-2H3,(H,16,18)/b9-8+. The second kappa shape index (κ2) is 6.38. The van der Waals surface area contributed by atoms with Crippen molar-refractivity contribution in [3.8, 4) is 0 Å². The number of benzene rings is 1. The molecule has 0 radical (unpaired) electrons. The molecule has 2 amide bonds. The Bertz CT molecular complexity index is 435. The topological polar surface area (TPSA) is 41.6 Å². The van der Waals surface area contributed by atoms with Crippen LogP contribution >= 0.6 is 0 Å². The minimum atomic E-state index is -0.0748. The number of carbonyl (C=O) groups is 1. The van der Waals surface area contributed by atoms with E-state index in [4.69, 9.17) is 4.74 Å². The predicted molar refractivity (Wildman–Crippen MR) is 75.6 cm³/mol. The zero-order valence-electron chi connectivity index (χ0n) is 11.4. The molecule has 0 aliphatic carbocycles. The summed E-state index contributed by atoms with van der Waals surface area (Å²) in [6.07, 6.45) is 3.74. The van der Waals surface area contributed by atoms with E-state index in [0.29, 0.717) is 13.1 Å². The number of hydrogen-bond donors (Lipinski definition) is 1.